The number of hydrogen-bond donors (Lipinski definition) is 2. The van der Waals surface area contributed by atoms with Crippen molar-refractivity contribution >= 4 is 34.0 Å². The van der Waals surface area contributed by atoms with Crippen molar-refractivity contribution in [1.29, 1.82) is 0 Å². The summed E-state index contributed by atoms with van der Waals surface area (Å²) in [5, 5.41) is 7.00. The topological polar surface area (TPSA) is 70.2 Å². The third kappa shape index (κ3) is 4.64. The first kappa shape index (κ1) is 17.6. The Morgan fingerprint density at radius 3 is 2.65 bits per heavy atom. The number of nitrogens with one attached hydrogen (secondary N) is 2. The number of aromatic nitrogens is 2. The van der Waals surface area contributed by atoms with Gasteiger partial charge in [0.25, 0.3) is 0 Å². The molecule has 0 unspecified atom stereocenters. The maximum atomic E-state index is 12.0. The van der Waals surface area contributed by atoms with Crippen LogP contribution in [0.25, 0.3) is 10.9 Å². The Kier molecular flexibility index (Phi) is 5.56. The van der Waals surface area contributed by atoms with E-state index in [1.165, 1.54) is 12.4 Å². The molecule has 0 saturated carbocycles. The molecule has 0 aliphatic carbocycles. The molecule has 0 spiro atoms. The zero-order chi connectivity index (χ0) is 18.4. The molecule has 132 valence electrons. The minimum atomic E-state index is -0.166. The predicted octanol–water partition coefficient (Wildman–Crippen LogP) is 3.43. The van der Waals surface area contributed by atoms with E-state index in [9.17, 15) is 4.79 Å². The summed E-state index contributed by atoms with van der Waals surface area (Å²) in [6, 6.07) is 15.4. The number of anilines is 3. The van der Waals surface area contributed by atoms with Crippen LogP contribution >= 0.6 is 0 Å². The van der Waals surface area contributed by atoms with Crippen LogP contribution in [0.2, 0.25) is 0 Å². The van der Waals surface area contributed by atoms with E-state index >= 15 is 0 Å². The Hall–Kier alpha value is -3.25. The van der Waals surface area contributed by atoms with Crippen molar-refractivity contribution in [1.82, 2.24) is 14.9 Å². The van der Waals surface area contributed by atoms with E-state index in [-0.39, 0.29) is 5.91 Å². The van der Waals surface area contributed by atoms with Gasteiger partial charge in [-0.3, -0.25) is 4.79 Å². The molecular weight excluding hydrogens is 326 g/mol. The van der Waals surface area contributed by atoms with E-state index in [0.717, 1.165) is 16.6 Å². The lowest BCUT2D eigenvalue weighted by Gasteiger charge is -2.10. The summed E-state index contributed by atoms with van der Waals surface area (Å²) in [6.07, 6.45) is 4.88. The summed E-state index contributed by atoms with van der Waals surface area (Å²) in [5.74, 6) is 0.529. The molecule has 26 heavy (non-hydrogen) atoms. The van der Waals surface area contributed by atoms with E-state index in [1.54, 1.807) is 0 Å². The van der Waals surface area contributed by atoms with Crippen molar-refractivity contribution < 1.29 is 4.79 Å². The average molecular weight is 347 g/mol. The van der Waals surface area contributed by atoms with Gasteiger partial charge in [-0.05, 0) is 44.4 Å². The van der Waals surface area contributed by atoms with Crippen LogP contribution in [-0.4, -0.2) is 41.4 Å². The van der Waals surface area contributed by atoms with E-state index in [0.29, 0.717) is 18.1 Å². The quantitative estimate of drug-likeness (QED) is 0.669. The smallest absolute Gasteiger partial charge is 0.248 e. The molecule has 0 aliphatic rings. The molecule has 0 bridgehead atoms. The fraction of sp³-hybridized carbons (Fsp3) is 0.150. The summed E-state index contributed by atoms with van der Waals surface area (Å²) in [5.41, 5.74) is 2.44. The number of nitrogens with zero attached hydrogens (tertiary/aromatic N) is 3. The van der Waals surface area contributed by atoms with Crippen molar-refractivity contribution in [2.75, 3.05) is 31.3 Å². The average Bonchev–Trinajstić information content (AvgIpc) is 2.63. The Balaban J connectivity index is 1.82. The van der Waals surface area contributed by atoms with Gasteiger partial charge in [-0.2, -0.15) is 0 Å². The molecule has 0 aliphatic heterocycles. The lowest BCUT2D eigenvalue weighted by atomic mass is 10.2. The summed E-state index contributed by atoms with van der Waals surface area (Å²) in [4.78, 5) is 22.7. The molecular formula is C20H21N5O. The lowest BCUT2D eigenvalue weighted by molar-refractivity contribution is -0.111. The largest absolute Gasteiger partial charge is 0.340 e. The highest BCUT2D eigenvalue weighted by Gasteiger charge is 2.06. The highest BCUT2D eigenvalue weighted by Crippen LogP contribution is 2.25. The molecule has 6 heteroatoms. The number of amides is 1. The summed E-state index contributed by atoms with van der Waals surface area (Å²) in [7, 11) is 3.90. The number of hydrogen-bond acceptors (Lipinski definition) is 5. The van der Waals surface area contributed by atoms with E-state index in [4.69, 9.17) is 0 Å². The van der Waals surface area contributed by atoms with Gasteiger partial charge in [0.05, 0.1) is 5.52 Å². The Morgan fingerprint density at radius 2 is 1.88 bits per heavy atom. The van der Waals surface area contributed by atoms with Gasteiger partial charge in [0, 0.05) is 29.4 Å². The number of rotatable bonds is 6. The third-order valence-corrected chi connectivity index (χ3v) is 3.68. The lowest BCUT2D eigenvalue weighted by Crippen LogP contribution is -2.12. The van der Waals surface area contributed by atoms with Crippen LogP contribution in [-0.2, 0) is 4.79 Å². The molecule has 3 rings (SSSR count). The molecule has 0 radical (unpaired) electrons. The fourth-order valence-corrected chi connectivity index (χ4v) is 2.45. The van der Waals surface area contributed by atoms with Crippen LogP contribution in [0, 0.1) is 0 Å². The second kappa shape index (κ2) is 8.22. The molecule has 1 amide bonds. The van der Waals surface area contributed by atoms with Gasteiger partial charge >= 0.3 is 0 Å². The normalized spacial score (nSPS) is 11.2. The van der Waals surface area contributed by atoms with Gasteiger partial charge in [-0.1, -0.05) is 24.3 Å². The molecule has 1 heterocycles. The van der Waals surface area contributed by atoms with Crippen molar-refractivity contribution in [3.05, 3.63) is 67.0 Å². The molecule has 6 nitrogen and oxygen atoms in total. The minimum absolute atomic E-state index is 0.166. The van der Waals surface area contributed by atoms with Gasteiger partial charge in [0.15, 0.2) is 0 Å². The zero-order valence-corrected chi connectivity index (χ0v) is 14.8. The predicted molar refractivity (Wildman–Crippen MR) is 106 cm³/mol. The SMILES string of the molecule is CN(C)C/C=C/C(=O)Nc1ccc2ncnc(Nc3ccccc3)c2c1. The van der Waals surface area contributed by atoms with Crippen molar-refractivity contribution in [2.24, 2.45) is 0 Å². The molecule has 0 saturated heterocycles. The zero-order valence-electron chi connectivity index (χ0n) is 14.8. The summed E-state index contributed by atoms with van der Waals surface area (Å²) < 4.78 is 0. The molecule has 0 fully saturated rings. The summed E-state index contributed by atoms with van der Waals surface area (Å²) in [6.45, 7) is 0.712. The van der Waals surface area contributed by atoms with Gasteiger partial charge in [-0.25, -0.2) is 9.97 Å². The second-order valence-corrected chi connectivity index (χ2v) is 6.10. The van der Waals surface area contributed by atoms with E-state index in [1.807, 2.05) is 73.6 Å². The third-order valence-electron chi connectivity index (χ3n) is 3.68. The molecule has 3 aromatic rings. The Bertz CT molecular complexity index is 922. The first-order valence-electron chi connectivity index (χ1n) is 8.31. The highest BCUT2D eigenvalue weighted by molar-refractivity contribution is 6.01. The van der Waals surface area contributed by atoms with Gasteiger partial charge in [0.1, 0.15) is 12.1 Å². The van der Waals surface area contributed by atoms with E-state index < -0.39 is 0 Å². The highest BCUT2D eigenvalue weighted by atomic mass is 16.1. The standard InChI is InChI=1S/C20H21N5O/c1-25(2)12-6-9-19(26)23-16-10-11-18-17(13-16)20(22-14-21-18)24-15-7-4-3-5-8-15/h3-11,13-14H,12H2,1-2H3,(H,23,26)(H,21,22,24)/b9-6+. The molecule has 2 aromatic carbocycles. The maximum absolute atomic E-state index is 12.0. The first-order valence-corrected chi connectivity index (χ1v) is 8.31. The summed E-state index contributed by atoms with van der Waals surface area (Å²) >= 11 is 0. The second-order valence-electron chi connectivity index (χ2n) is 6.10. The van der Waals surface area contributed by atoms with Crippen LogP contribution in [0.15, 0.2) is 67.0 Å². The van der Waals surface area contributed by atoms with Crippen LogP contribution in [0.1, 0.15) is 0 Å². The molecule has 1 aromatic heterocycles. The molecule has 2 N–H and O–H groups in total. The number of carbonyl (C=O) groups excluding carboxylic acids is 1. The van der Waals surface area contributed by atoms with Crippen LogP contribution in [0.5, 0.6) is 0 Å². The van der Waals surface area contributed by atoms with Crippen molar-refractivity contribution in [3.63, 3.8) is 0 Å². The number of benzene rings is 2. The number of fused-ring (bicyclic) bond motifs is 1. The monoisotopic (exact) mass is 347 g/mol. The van der Waals surface area contributed by atoms with Gasteiger partial charge in [0.2, 0.25) is 5.91 Å². The Labute approximate surface area is 152 Å². The molecule has 0 atom stereocenters. The number of likely N-dealkylation sites (N-methyl/N-ethyl adjacent to an activating group) is 1. The van der Waals surface area contributed by atoms with E-state index in [2.05, 4.69) is 20.6 Å². The number of para-hydroxylation sites is 1. The first-order chi connectivity index (χ1) is 12.6. The Morgan fingerprint density at radius 1 is 1.08 bits per heavy atom. The number of carbonyl (C=O) groups is 1. The van der Waals surface area contributed by atoms with Crippen LogP contribution < -0.4 is 10.6 Å². The fourth-order valence-electron chi connectivity index (χ4n) is 2.45. The van der Waals surface area contributed by atoms with Gasteiger partial charge in [-0.15, -0.1) is 0 Å². The van der Waals surface area contributed by atoms with Crippen molar-refractivity contribution in [3.8, 4) is 0 Å². The minimum Gasteiger partial charge on any atom is -0.340 e. The van der Waals surface area contributed by atoms with Crippen molar-refractivity contribution in [2.45, 2.75) is 0 Å². The maximum Gasteiger partial charge on any atom is 0.248 e. The van der Waals surface area contributed by atoms with Crippen LogP contribution in [0.4, 0.5) is 17.2 Å². The van der Waals surface area contributed by atoms with Gasteiger partial charge < -0.3 is 15.5 Å². The van der Waals surface area contributed by atoms with Crippen LogP contribution in [0.3, 0.4) is 0 Å².